The van der Waals surface area contributed by atoms with E-state index < -0.39 is 10.0 Å². The van der Waals surface area contributed by atoms with E-state index in [1.54, 1.807) is 0 Å². The van der Waals surface area contributed by atoms with Crippen molar-refractivity contribution in [2.24, 2.45) is 5.92 Å². The van der Waals surface area contributed by atoms with Crippen LogP contribution in [0, 0.1) is 5.92 Å². The van der Waals surface area contributed by atoms with Crippen LogP contribution in [0.3, 0.4) is 0 Å². The van der Waals surface area contributed by atoms with Gasteiger partial charge in [0, 0.05) is 12.6 Å². The summed E-state index contributed by atoms with van der Waals surface area (Å²) in [6.45, 7) is 3.22. The minimum atomic E-state index is -3.05. The minimum absolute atomic E-state index is 0.141. The molecule has 104 valence electrons. The first-order valence-electron chi connectivity index (χ1n) is 6.87. The van der Waals surface area contributed by atoms with E-state index in [9.17, 15) is 8.42 Å². The Bertz CT molecular complexity index is 384. The van der Waals surface area contributed by atoms with Gasteiger partial charge in [-0.2, -0.15) is 0 Å². The fraction of sp³-hybridized carbons (Fsp3) is 0.846. The molecule has 0 aromatic rings. The summed E-state index contributed by atoms with van der Waals surface area (Å²) in [4.78, 5) is 2.49. The molecule has 1 aliphatic heterocycles. The molecule has 0 spiro atoms. The van der Waals surface area contributed by atoms with Gasteiger partial charge in [0.05, 0.1) is 6.26 Å². The van der Waals surface area contributed by atoms with E-state index in [4.69, 9.17) is 0 Å². The van der Waals surface area contributed by atoms with Crippen LogP contribution in [-0.4, -0.2) is 45.2 Å². The molecule has 0 radical (unpaired) electrons. The van der Waals surface area contributed by atoms with Crippen molar-refractivity contribution in [3.8, 4) is 0 Å². The minimum Gasteiger partial charge on any atom is -0.303 e. The van der Waals surface area contributed by atoms with Crippen LogP contribution in [0.5, 0.6) is 0 Å². The average Bonchev–Trinajstić information content (AvgIpc) is 2.31. The lowest BCUT2D eigenvalue weighted by molar-refractivity contribution is 0.174. The van der Waals surface area contributed by atoms with Crippen molar-refractivity contribution < 1.29 is 8.42 Å². The van der Waals surface area contributed by atoms with Gasteiger partial charge < -0.3 is 4.90 Å². The van der Waals surface area contributed by atoms with E-state index in [1.165, 1.54) is 32.1 Å². The second-order valence-electron chi connectivity index (χ2n) is 5.62. The van der Waals surface area contributed by atoms with Crippen LogP contribution in [0.4, 0.5) is 0 Å². The second-order valence-corrected chi connectivity index (χ2v) is 7.40. The molecule has 0 aromatic heterocycles. The first-order chi connectivity index (χ1) is 8.53. The quantitative estimate of drug-likeness (QED) is 0.786. The fourth-order valence-electron chi connectivity index (χ4n) is 2.92. The van der Waals surface area contributed by atoms with Gasteiger partial charge in [0.2, 0.25) is 10.0 Å². The molecule has 1 aliphatic carbocycles. The van der Waals surface area contributed by atoms with Gasteiger partial charge in [-0.25, -0.2) is 13.1 Å². The Hall–Kier alpha value is -0.390. The van der Waals surface area contributed by atoms with Crippen molar-refractivity contribution in [2.75, 3.05) is 25.9 Å². The smallest absolute Gasteiger partial charge is 0.208 e. The Morgan fingerprint density at radius 3 is 2.50 bits per heavy atom. The van der Waals surface area contributed by atoms with E-state index in [2.05, 4.69) is 21.8 Å². The Kier molecular flexibility index (Phi) is 4.81. The highest BCUT2D eigenvalue weighted by atomic mass is 32.2. The molecular formula is C13H24N2O2S. The Morgan fingerprint density at radius 1 is 1.22 bits per heavy atom. The largest absolute Gasteiger partial charge is 0.303 e. The molecule has 1 N–H and O–H groups in total. The SMILES string of the molecule is CS(=O)(=O)NC1CCN(CC2CC=CCC2)CC1. The average molecular weight is 272 g/mol. The highest BCUT2D eigenvalue weighted by Crippen LogP contribution is 2.21. The van der Waals surface area contributed by atoms with Crippen molar-refractivity contribution in [1.29, 1.82) is 0 Å². The third-order valence-corrected chi connectivity index (χ3v) is 4.62. The standard InChI is InChI=1S/C13H24N2O2S/c1-18(16,17)14-13-7-9-15(10-8-13)11-12-5-3-2-4-6-12/h2-3,12-14H,4-11H2,1H3. The van der Waals surface area contributed by atoms with Gasteiger partial charge in [0.25, 0.3) is 0 Å². The Labute approximate surface area is 110 Å². The Balaban J connectivity index is 1.71. The summed E-state index contributed by atoms with van der Waals surface area (Å²) in [5.41, 5.74) is 0. The third kappa shape index (κ3) is 4.71. The van der Waals surface area contributed by atoms with Gasteiger partial charge in [-0.1, -0.05) is 12.2 Å². The Morgan fingerprint density at radius 2 is 1.94 bits per heavy atom. The maximum Gasteiger partial charge on any atom is 0.208 e. The lowest BCUT2D eigenvalue weighted by Crippen LogP contribution is -2.45. The molecule has 1 saturated heterocycles. The topological polar surface area (TPSA) is 49.4 Å². The van der Waals surface area contributed by atoms with Gasteiger partial charge in [0.15, 0.2) is 0 Å². The molecule has 4 nitrogen and oxygen atoms in total. The molecule has 2 rings (SSSR count). The molecule has 2 aliphatic rings. The summed E-state index contributed by atoms with van der Waals surface area (Å²) in [5, 5.41) is 0. The van der Waals surface area contributed by atoms with Gasteiger partial charge in [0.1, 0.15) is 0 Å². The first-order valence-corrected chi connectivity index (χ1v) is 8.77. The van der Waals surface area contributed by atoms with Gasteiger partial charge in [-0.05, 0) is 51.1 Å². The van der Waals surface area contributed by atoms with E-state index in [-0.39, 0.29) is 6.04 Å². The van der Waals surface area contributed by atoms with Gasteiger partial charge in [-0.3, -0.25) is 0 Å². The van der Waals surface area contributed by atoms with Crippen LogP contribution < -0.4 is 4.72 Å². The normalized spacial score (nSPS) is 27.5. The monoisotopic (exact) mass is 272 g/mol. The number of allylic oxidation sites excluding steroid dienone is 2. The van der Waals surface area contributed by atoms with E-state index in [1.807, 2.05) is 0 Å². The predicted molar refractivity (Wildman–Crippen MR) is 73.9 cm³/mol. The summed E-state index contributed by atoms with van der Waals surface area (Å²) in [5.74, 6) is 0.800. The van der Waals surface area contributed by atoms with Crippen molar-refractivity contribution >= 4 is 10.0 Å². The number of hydrogen-bond acceptors (Lipinski definition) is 3. The predicted octanol–water partition coefficient (Wildman–Crippen LogP) is 1.36. The van der Waals surface area contributed by atoms with E-state index in [0.717, 1.165) is 31.8 Å². The highest BCUT2D eigenvalue weighted by Gasteiger charge is 2.23. The van der Waals surface area contributed by atoms with Gasteiger partial charge in [-0.15, -0.1) is 0 Å². The number of sulfonamides is 1. The first kappa shape index (κ1) is 14.0. The van der Waals surface area contributed by atoms with Crippen LogP contribution in [0.25, 0.3) is 0 Å². The molecule has 1 heterocycles. The molecule has 5 heteroatoms. The van der Waals surface area contributed by atoms with E-state index >= 15 is 0 Å². The molecule has 1 unspecified atom stereocenters. The highest BCUT2D eigenvalue weighted by molar-refractivity contribution is 7.88. The number of nitrogens with zero attached hydrogens (tertiary/aromatic N) is 1. The summed E-state index contributed by atoms with van der Waals surface area (Å²) in [6, 6.07) is 0.141. The fourth-order valence-corrected chi connectivity index (χ4v) is 3.76. The van der Waals surface area contributed by atoms with Crippen molar-refractivity contribution in [3.63, 3.8) is 0 Å². The maximum atomic E-state index is 11.2. The molecular weight excluding hydrogens is 248 g/mol. The lowest BCUT2D eigenvalue weighted by atomic mass is 9.93. The van der Waals surface area contributed by atoms with Crippen molar-refractivity contribution in [2.45, 2.75) is 38.1 Å². The van der Waals surface area contributed by atoms with Crippen molar-refractivity contribution in [3.05, 3.63) is 12.2 Å². The van der Waals surface area contributed by atoms with Crippen LogP contribution in [0.1, 0.15) is 32.1 Å². The van der Waals surface area contributed by atoms with Gasteiger partial charge >= 0.3 is 0 Å². The summed E-state index contributed by atoms with van der Waals surface area (Å²) in [6.07, 6.45) is 11.4. The number of likely N-dealkylation sites (tertiary alicyclic amines) is 1. The van der Waals surface area contributed by atoms with Crippen LogP contribution in [-0.2, 0) is 10.0 Å². The van der Waals surface area contributed by atoms with E-state index in [0.29, 0.717) is 0 Å². The number of nitrogens with one attached hydrogen (secondary N) is 1. The number of piperidine rings is 1. The molecule has 0 amide bonds. The molecule has 1 atom stereocenters. The summed E-state index contributed by atoms with van der Waals surface area (Å²) >= 11 is 0. The zero-order valence-corrected chi connectivity index (χ0v) is 12.0. The van der Waals surface area contributed by atoms with Crippen LogP contribution in [0.2, 0.25) is 0 Å². The second kappa shape index (κ2) is 6.17. The molecule has 0 saturated carbocycles. The molecule has 0 aromatic carbocycles. The van der Waals surface area contributed by atoms with Crippen molar-refractivity contribution in [1.82, 2.24) is 9.62 Å². The maximum absolute atomic E-state index is 11.2. The third-order valence-electron chi connectivity index (χ3n) is 3.86. The summed E-state index contributed by atoms with van der Waals surface area (Å²) in [7, 11) is -3.05. The lowest BCUT2D eigenvalue weighted by Gasteiger charge is -2.34. The number of hydrogen-bond donors (Lipinski definition) is 1. The zero-order chi connectivity index (χ0) is 13.0. The van der Waals surface area contributed by atoms with Crippen LogP contribution >= 0.6 is 0 Å². The molecule has 1 fully saturated rings. The summed E-state index contributed by atoms with van der Waals surface area (Å²) < 4.78 is 25.0. The zero-order valence-electron chi connectivity index (χ0n) is 11.1. The molecule has 18 heavy (non-hydrogen) atoms. The number of rotatable bonds is 4. The molecule has 0 bridgehead atoms. The van der Waals surface area contributed by atoms with Crippen LogP contribution in [0.15, 0.2) is 12.2 Å².